The van der Waals surface area contributed by atoms with Crippen LogP contribution in [0.2, 0.25) is 0 Å². The third-order valence-electron chi connectivity index (χ3n) is 2.28. The maximum atomic E-state index is 5.01. The van der Waals surface area contributed by atoms with E-state index in [1.165, 1.54) is 32.1 Å². The van der Waals surface area contributed by atoms with Crippen LogP contribution in [0.1, 0.15) is 32.1 Å². The lowest BCUT2D eigenvalue weighted by Gasteiger charge is -2.15. The molecule has 0 amide bonds. The third kappa shape index (κ3) is 3.57. The fraction of sp³-hybridized carbons (Fsp3) is 0.800. The molecule has 0 aromatic heterocycles. The number of rotatable bonds is 4. The van der Waals surface area contributed by atoms with Crippen LogP contribution in [0.25, 0.3) is 0 Å². The van der Waals surface area contributed by atoms with E-state index in [4.69, 9.17) is 4.74 Å². The Morgan fingerprint density at radius 1 is 1.55 bits per heavy atom. The molecule has 0 aromatic rings. The Bertz CT molecular complexity index is 118. The quantitative estimate of drug-likeness (QED) is 0.447. The normalized spacial score (nSPS) is 23.9. The van der Waals surface area contributed by atoms with E-state index < -0.39 is 0 Å². The Morgan fingerprint density at radius 2 is 2.45 bits per heavy atom. The first kappa shape index (κ1) is 8.79. The summed E-state index contributed by atoms with van der Waals surface area (Å²) < 4.78 is 5.01. The summed E-state index contributed by atoms with van der Waals surface area (Å²) in [4.78, 5) is 0. The third-order valence-corrected chi connectivity index (χ3v) is 2.28. The zero-order chi connectivity index (χ0) is 7.94. The maximum Gasteiger partial charge on any atom is 0.0462 e. The molecule has 0 spiro atoms. The molecule has 1 aliphatic carbocycles. The van der Waals surface area contributed by atoms with Gasteiger partial charge in [-0.05, 0) is 38.0 Å². The average Bonchev–Trinajstić information content (AvgIpc) is 2.07. The molecule has 0 saturated carbocycles. The number of hydrogen-bond acceptors (Lipinski definition) is 1. The Kier molecular flexibility index (Phi) is 4.29. The predicted octanol–water partition coefficient (Wildman–Crippen LogP) is 2.77. The highest BCUT2D eigenvalue weighted by Gasteiger charge is 2.06. The van der Waals surface area contributed by atoms with Gasteiger partial charge in [0.05, 0.1) is 0 Å². The molecule has 11 heavy (non-hydrogen) atoms. The predicted molar refractivity (Wildman–Crippen MR) is 47.6 cm³/mol. The summed E-state index contributed by atoms with van der Waals surface area (Å²) >= 11 is 0. The van der Waals surface area contributed by atoms with Gasteiger partial charge in [-0.25, -0.2) is 0 Å². The first-order valence-corrected chi connectivity index (χ1v) is 4.59. The molecule has 64 valence electrons. The van der Waals surface area contributed by atoms with Crippen molar-refractivity contribution in [2.75, 3.05) is 13.7 Å². The molecule has 0 radical (unpaired) electrons. The van der Waals surface area contributed by atoms with Gasteiger partial charge in [-0.2, -0.15) is 0 Å². The van der Waals surface area contributed by atoms with Crippen LogP contribution >= 0.6 is 0 Å². The van der Waals surface area contributed by atoms with Gasteiger partial charge in [-0.15, -0.1) is 0 Å². The van der Waals surface area contributed by atoms with E-state index >= 15 is 0 Å². The standard InChI is InChI=1S/C10H18O/c1-11-9-5-8-10-6-3-2-4-7-10/h3,6,10H,2,4-5,7-9H2,1H3. The van der Waals surface area contributed by atoms with Crippen LogP contribution in [-0.4, -0.2) is 13.7 Å². The Morgan fingerprint density at radius 3 is 3.09 bits per heavy atom. The van der Waals surface area contributed by atoms with Crippen molar-refractivity contribution in [2.45, 2.75) is 32.1 Å². The first-order chi connectivity index (χ1) is 5.43. The SMILES string of the molecule is COCCCC1C=CCCC1. The smallest absolute Gasteiger partial charge is 0.0462 e. The molecule has 0 bridgehead atoms. The van der Waals surface area contributed by atoms with Gasteiger partial charge in [0.25, 0.3) is 0 Å². The van der Waals surface area contributed by atoms with Gasteiger partial charge in [0, 0.05) is 13.7 Å². The van der Waals surface area contributed by atoms with Crippen LogP contribution in [0.15, 0.2) is 12.2 Å². The lowest BCUT2D eigenvalue weighted by atomic mass is 9.92. The topological polar surface area (TPSA) is 9.23 Å². The highest BCUT2D eigenvalue weighted by atomic mass is 16.5. The molecule has 1 rings (SSSR count). The minimum atomic E-state index is 0.846. The Hall–Kier alpha value is -0.300. The van der Waals surface area contributed by atoms with Crippen molar-refractivity contribution < 1.29 is 4.74 Å². The average molecular weight is 154 g/mol. The molecule has 0 saturated heterocycles. The number of ether oxygens (including phenoxy) is 1. The Balaban J connectivity index is 2.05. The zero-order valence-corrected chi connectivity index (χ0v) is 7.38. The van der Waals surface area contributed by atoms with Gasteiger partial charge in [0.15, 0.2) is 0 Å². The molecular formula is C10H18O. The monoisotopic (exact) mass is 154 g/mol. The van der Waals surface area contributed by atoms with E-state index in [0.717, 1.165) is 12.5 Å². The van der Waals surface area contributed by atoms with Crippen molar-refractivity contribution in [1.29, 1.82) is 0 Å². The summed E-state index contributed by atoms with van der Waals surface area (Å²) in [6, 6.07) is 0. The van der Waals surface area contributed by atoms with E-state index in [1.54, 1.807) is 7.11 Å². The van der Waals surface area contributed by atoms with Gasteiger partial charge in [0.2, 0.25) is 0 Å². The van der Waals surface area contributed by atoms with Crippen LogP contribution in [0.3, 0.4) is 0 Å². The second kappa shape index (κ2) is 5.36. The molecular weight excluding hydrogens is 136 g/mol. The highest BCUT2D eigenvalue weighted by Crippen LogP contribution is 2.21. The van der Waals surface area contributed by atoms with E-state index in [0.29, 0.717) is 0 Å². The molecule has 1 atom stereocenters. The van der Waals surface area contributed by atoms with Gasteiger partial charge < -0.3 is 4.74 Å². The molecule has 0 aromatic carbocycles. The highest BCUT2D eigenvalue weighted by molar-refractivity contribution is 4.92. The van der Waals surface area contributed by atoms with E-state index in [2.05, 4.69) is 12.2 Å². The van der Waals surface area contributed by atoms with Crippen molar-refractivity contribution in [1.82, 2.24) is 0 Å². The molecule has 0 N–H and O–H groups in total. The summed E-state index contributed by atoms with van der Waals surface area (Å²) in [5.41, 5.74) is 0. The summed E-state index contributed by atoms with van der Waals surface area (Å²) in [6.07, 6.45) is 11.3. The molecule has 0 aliphatic heterocycles. The van der Waals surface area contributed by atoms with E-state index in [-0.39, 0.29) is 0 Å². The fourth-order valence-electron chi connectivity index (χ4n) is 1.61. The minimum absolute atomic E-state index is 0.846. The molecule has 0 fully saturated rings. The van der Waals surface area contributed by atoms with Gasteiger partial charge in [0.1, 0.15) is 0 Å². The molecule has 1 nitrogen and oxygen atoms in total. The second-order valence-corrected chi connectivity index (χ2v) is 3.25. The summed E-state index contributed by atoms with van der Waals surface area (Å²) in [7, 11) is 1.77. The maximum absolute atomic E-state index is 5.01. The van der Waals surface area contributed by atoms with Crippen molar-refractivity contribution in [3.05, 3.63) is 12.2 Å². The molecule has 0 heterocycles. The molecule has 1 heteroatoms. The first-order valence-electron chi connectivity index (χ1n) is 4.59. The lowest BCUT2D eigenvalue weighted by molar-refractivity contribution is 0.188. The van der Waals surface area contributed by atoms with Crippen molar-refractivity contribution in [3.8, 4) is 0 Å². The molecule has 1 unspecified atom stereocenters. The van der Waals surface area contributed by atoms with Crippen LogP contribution < -0.4 is 0 Å². The number of hydrogen-bond donors (Lipinski definition) is 0. The van der Waals surface area contributed by atoms with E-state index in [9.17, 15) is 0 Å². The fourth-order valence-corrected chi connectivity index (χ4v) is 1.61. The van der Waals surface area contributed by atoms with Crippen LogP contribution in [0.5, 0.6) is 0 Å². The van der Waals surface area contributed by atoms with Gasteiger partial charge in [-0.3, -0.25) is 0 Å². The summed E-state index contributed by atoms with van der Waals surface area (Å²) in [6.45, 7) is 0.921. The van der Waals surface area contributed by atoms with Crippen molar-refractivity contribution in [2.24, 2.45) is 5.92 Å². The molecule has 1 aliphatic rings. The lowest BCUT2D eigenvalue weighted by Crippen LogP contribution is -2.02. The number of methoxy groups -OCH3 is 1. The number of allylic oxidation sites excluding steroid dienone is 2. The van der Waals surface area contributed by atoms with Gasteiger partial charge in [-0.1, -0.05) is 12.2 Å². The zero-order valence-electron chi connectivity index (χ0n) is 7.38. The van der Waals surface area contributed by atoms with Crippen LogP contribution in [0.4, 0.5) is 0 Å². The van der Waals surface area contributed by atoms with Crippen LogP contribution in [0, 0.1) is 5.92 Å². The van der Waals surface area contributed by atoms with Crippen molar-refractivity contribution in [3.63, 3.8) is 0 Å². The second-order valence-electron chi connectivity index (χ2n) is 3.25. The van der Waals surface area contributed by atoms with Gasteiger partial charge >= 0.3 is 0 Å². The minimum Gasteiger partial charge on any atom is -0.385 e. The van der Waals surface area contributed by atoms with Crippen LogP contribution in [-0.2, 0) is 4.74 Å². The largest absolute Gasteiger partial charge is 0.385 e. The summed E-state index contributed by atoms with van der Waals surface area (Å²) in [5.74, 6) is 0.846. The van der Waals surface area contributed by atoms with Crippen molar-refractivity contribution >= 4 is 0 Å². The van der Waals surface area contributed by atoms with E-state index in [1.807, 2.05) is 0 Å². The Labute approximate surface area is 69.4 Å². The summed E-state index contributed by atoms with van der Waals surface area (Å²) in [5, 5.41) is 0.